The Hall–Kier alpha value is -1.71. The zero-order valence-electron chi connectivity index (χ0n) is 11.7. The third kappa shape index (κ3) is 1.86. The minimum atomic E-state index is -0.303. The van der Waals surface area contributed by atoms with Crippen LogP contribution in [0, 0.1) is 5.41 Å². The average molecular weight is 261 g/mol. The van der Waals surface area contributed by atoms with Gasteiger partial charge in [0, 0.05) is 17.5 Å². The van der Waals surface area contributed by atoms with Gasteiger partial charge in [0.05, 0.1) is 6.54 Å². The molecule has 0 atom stereocenters. The summed E-state index contributed by atoms with van der Waals surface area (Å²) in [4.78, 5) is 14.4. The van der Waals surface area contributed by atoms with Crippen molar-refractivity contribution in [3.05, 3.63) is 23.3 Å². The predicted octanol–water partition coefficient (Wildman–Crippen LogP) is 2.69. The van der Waals surface area contributed by atoms with Crippen molar-refractivity contribution in [2.24, 2.45) is 5.41 Å². The summed E-state index contributed by atoms with van der Waals surface area (Å²) in [5.41, 5.74) is 1.97. The van der Waals surface area contributed by atoms with E-state index in [4.69, 9.17) is 9.47 Å². The molecule has 2 aliphatic rings. The van der Waals surface area contributed by atoms with Crippen molar-refractivity contribution in [2.75, 3.05) is 6.79 Å². The fourth-order valence-corrected chi connectivity index (χ4v) is 2.57. The van der Waals surface area contributed by atoms with Crippen molar-refractivity contribution in [3.63, 3.8) is 0 Å². The summed E-state index contributed by atoms with van der Waals surface area (Å²) in [7, 11) is 0. The number of amides is 1. The number of hydrogen-bond acceptors (Lipinski definition) is 3. The third-order valence-electron chi connectivity index (χ3n) is 4.20. The van der Waals surface area contributed by atoms with Gasteiger partial charge in [-0.3, -0.25) is 4.79 Å². The Morgan fingerprint density at radius 3 is 2.84 bits per heavy atom. The molecule has 0 radical (unpaired) electrons. The Morgan fingerprint density at radius 1 is 1.32 bits per heavy atom. The molecule has 4 heteroatoms. The van der Waals surface area contributed by atoms with E-state index in [1.54, 1.807) is 0 Å². The van der Waals surface area contributed by atoms with E-state index in [-0.39, 0.29) is 18.1 Å². The van der Waals surface area contributed by atoms with Gasteiger partial charge in [0.15, 0.2) is 11.5 Å². The van der Waals surface area contributed by atoms with Gasteiger partial charge in [-0.25, -0.2) is 0 Å². The van der Waals surface area contributed by atoms with E-state index in [1.165, 1.54) is 5.56 Å². The lowest BCUT2D eigenvalue weighted by Gasteiger charge is -2.27. The molecule has 0 aromatic heterocycles. The lowest BCUT2D eigenvalue weighted by atomic mass is 9.88. The van der Waals surface area contributed by atoms with Crippen LogP contribution < -0.4 is 9.47 Å². The number of carbonyl (C=O) groups excluding carboxylic acids is 1. The van der Waals surface area contributed by atoms with E-state index >= 15 is 0 Å². The van der Waals surface area contributed by atoms with Gasteiger partial charge >= 0.3 is 0 Å². The van der Waals surface area contributed by atoms with E-state index in [2.05, 4.69) is 6.92 Å². The second kappa shape index (κ2) is 4.15. The van der Waals surface area contributed by atoms with Crippen LogP contribution in [0.5, 0.6) is 11.5 Å². The molecule has 0 N–H and O–H groups in total. The smallest absolute Gasteiger partial charge is 0.231 e. The van der Waals surface area contributed by atoms with Crippen molar-refractivity contribution in [3.8, 4) is 11.5 Å². The highest BCUT2D eigenvalue weighted by Crippen LogP contribution is 2.42. The zero-order valence-corrected chi connectivity index (χ0v) is 11.7. The molecular formula is C15H19NO3. The SMILES string of the molecule is CCC(C)(C)C(=O)N1Cc2ccc3c(c2C1)OCO3. The summed E-state index contributed by atoms with van der Waals surface area (Å²) in [6, 6.07) is 3.97. The lowest BCUT2D eigenvalue weighted by Crippen LogP contribution is -2.37. The molecule has 0 aliphatic carbocycles. The molecule has 0 saturated heterocycles. The summed E-state index contributed by atoms with van der Waals surface area (Å²) >= 11 is 0. The molecule has 2 heterocycles. The van der Waals surface area contributed by atoms with E-state index in [1.807, 2.05) is 30.9 Å². The molecule has 0 fully saturated rings. The van der Waals surface area contributed by atoms with Gasteiger partial charge in [0.1, 0.15) is 0 Å². The van der Waals surface area contributed by atoms with Crippen LogP contribution in [0.25, 0.3) is 0 Å². The lowest BCUT2D eigenvalue weighted by molar-refractivity contribution is -0.141. The molecule has 4 nitrogen and oxygen atoms in total. The molecule has 0 saturated carbocycles. The summed E-state index contributed by atoms with van der Waals surface area (Å²) in [6.45, 7) is 7.64. The molecule has 1 amide bonds. The third-order valence-corrected chi connectivity index (χ3v) is 4.20. The summed E-state index contributed by atoms with van der Waals surface area (Å²) in [5.74, 6) is 1.82. The Balaban J connectivity index is 1.87. The van der Waals surface area contributed by atoms with Crippen LogP contribution in [-0.2, 0) is 17.9 Å². The number of carbonyl (C=O) groups is 1. The first kappa shape index (κ1) is 12.3. The number of rotatable bonds is 2. The summed E-state index contributed by atoms with van der Waals surface area (Å²) in [6.07, 6.45) is 0.844. The minimum absolute atomic E-state index is 0.207. The van der Waals surface area contributed by atoms with Crippen LogP contribution in [-0.4, -0.2) is 17.6 Å². The van der Waals surface area contributed by atoms with Crippen LogP contribution in [0.3, 0.4) is 0 Å². The molecule has 19 heavy (non-hydrogen) atoms. The summed E-state index contributed by atoms with van der Waals surface area (Å²) in [5, 5.41) is 0. The normalized spacial score (nSPS) is 16.7. The van der Waals surface area contributed by atoms with Crippen LogP contribution in [0.4, 0.5) is 0 Å². The van der Waals surface area contributed by atoms with E-state index < -0.39 is 0 Å². The fourth-order valence-electron chi connectivity index (χ4n) is 2.57. The number of benzene rings is 1. The maximum Gasteiger partial charge on any atom is 0.231 e. The maximum absolute atomic E-state index is 12.5. The van der Waals surface area contributed by atoms with Crippen molar-refractivity contribution in [1.82, 2.24) is 4.90 Å². The van der Waals surface area contributed by atoms with Gasteiger partial charge in [0.2, 0.25) is 12.7 Å². The van der Waals surface area contributed by atoms with Crippen molar-refractivity contribution < 1.29 is 14.3 Å². The van der Waals surface area contributed by atoms with Gasteiger partial charge in [-0.2, -0.15) is 0 Å². The first-order chi connectivity index (χ1) is 9.03. The average Bonchev–Trinajstić information content (AvgIpc) is 3.02. The van der Waals surface area contributed by atoms with Crippen molar-refractivity contribution in [1.29, 1.82) is 0 Å². The number of hydrogen-bond donors (Lipinski definition) is 0. The highest BCUT2D eigenvalue weighted by atomic mass is 16.7. The zero-order chi connectivity index (χ0) is 13.6. The standard InChI is InChI=1S/C15H19NO3/c1-4-15(2,3)14(17)16-7-10-5-6-12-13(11(10)8-16)19-9-18-12/h5-6H,4,7-9H2,1-3H3. The summed E-state index contributed by atoms with van der Waals surface area (Å²) < 4.78 is 10.9. The molecule has 102 valence electrons. The Kier molecular flexibility index (Phi) is 2.69. The molecular weight excluding hydrogens is 242 g/mol. The van der Waals surface area contributed by atoms with Crippen molar-refractivity contribution in [2.45, 2.75) is 40.3 Å². The van der Waals surface area contributed by atoms with Crippen LogP contribution in [0.1, 0.15) is 38.3 Å². The van der Waals surface area contributed by atoms with Gasteiger partial charge < -0.3 is 14.4 Å². The van der Waals surface area contributed by atoms with E-state index in [9.17, 15) is 4.79 Å². The van der Waals surface area contributed by atoms with Gasteiger partial charge in [-0.05, 0) is 18.1 Å². The second-order valence-corrected chi connectivity index (χ2v) is 5.84. The number of fused-ring (bicyclic) bond motifs is 3. The highest BCUT2D eigenvalue weighted by molar-refractivity contribution is 5.82. The molecule has 1 aromatic rings. The topological polar surface area (TPSA) is 38.8 Å². The molecule has 2 aliphatic heterocycles. The number of nitrogens with zero attached hydrogens (tertiary/aromatic N) is 1. The highest BCUT2D eigenvalue weighted by Gasteiger charge is 2.35. The van der Waals surface area contributed by atoms with Gasteiger partial charge in [-0.1, -0.05) is 26.8 Å². The Bertz CT molecular complexity index is 536. The van der Waals surface area contributed by atoms with Gasteiger partial charge in [-0.15, -0.1) is 0 Å². The van der Waals surface area contributed by atoms with Crippen LogP contribution >= 0.6 is 0 Å². The van der Waals surface area contributed by atoms with E-state index in [0.29, 0.717) is 13.1 Å². The largest absolute Gasteiger partial charge is 0.454 e. The van der Waals surface area contributed by atoms with E-state index in [0.717, 1.165) is 23.5 Å². The molecule has 3 rings (SSSR count). The van der Waals surface area contributed by atoms with Crippen LogP contribution in [0.2, 0.25) is 0 Å². The Labute approximate surface area is 113 Å². The second-order valence-electron chi connectivity index (χ2n) is 5.84. The van der Waals surface area contributed by atoms with Gasteiger partial charge in [0.25, 0.3) is 0 Å². The number of ether oxygens (including phenoxy) is 2. The van der Waals surface area contributed by atoms with Crippen molar-refractivity contribution >= 4 is 5.91 Å². The maximum atomic E-state index is 12.5. The first-order valence-corrected chi connectivity index (χ1v) is 6.72. The minimum Gasteiger partial charge on any atom is -0.454 e. The fraction of sp³-hybridized carbons (Fsp3) is 0.533. The predicted molar refractivity (Wildman–Crippen MR) is 70.9 cm³/mol. The molecule has 1 aromatic carbocycles. The molecule has 0 unspecified atom stereocenters. The monoisotopic (exact) mass is 261 g/mol. The molecule has 0 spiro atoms. The van der Waals surface area contributed by atoms with Crippen LogP contribution in [0.15, 0.2) is 12.1 Å². The first-order valence-electron chi connectivity index (χ1n) is 6.72. The molecule has 0 bridgehead atoms. The Morgan fingerprint density at radius 2 is 2.11 bits per heavy atom. The quantitative estimate of drug-likeness (QED) is 0.821.